The van der Waals surface area contributed by atoms with Crippen LogP contribution in [0, 0.1) is 11.8 Å². The zero-order valence-corrected chi connectivity index (χ0v) is 11.7. The highest BCUT2D eigenvalue weighted by Crippen LogP contribution is 2.40. The molecule has 0 atom stereocenters. The minimum absolute atomic E-state index is 0.371. The summed E-state index contributed by atoms with van der Waals surface area (Å²) in [5.74, 6) is 4.66. The standard InChI is InChI=1S/C14H26N2S/c15-11-14(5-7-17-8-6-14)16(9-12-1-2-12)10-13-3-4-13/h12-13H,1-11,15H2. The fourth-order valence-electron chi connectivity index (χ4n) is 3.09. The second kappa shape index (κ2) is 5.10. The molecule has 3 aliphatic rings. The van der Waals surface area contributed by atoms with E-state index in [0.717, 1.165) is 18.4 Å². The maximum absolute atomic E-state index is 6.18. The molecular formula is C14H26N2S. The Morgan fingerprint density at radius 1 is 1.00 bits per heavy atom. The molecule has 0 spiro atoms. The first-order chi connectivity index (χ1) is 8.32. The van der Waals surface area contributed by atoms with E-state index in [0.29, 0.717) is 5.54 Å². The van der Waals surface area contributed by atoms with Crippen LogP contribution >= 0.6 is 11.8 Å². The lowest BCUT2D eigenvalue weighted by atomic mass is 9.89. The summed E-state index contributed by atoms with van der Waals surface area (Å²) in [7, 11) is 0. The van der Waals surface area contributed by atoms with Crippen LogP contribution in [0.15, 0.2) is 0 Å². The average molecular weight is 254 g/mol. The van der Waals surface area contributed by atoms with Crippen LogP contribution < -0.4 is 5.73 Å². The third-order valence-corrected chi connectivity index (χ3v) is 5.81. The fourth-order valence-corrected chi connectivity index (χ4v) is 4.34. The Bertz CT molecular complexity index is 241. The first kappa shape index (κ1) is 12.3. The van der Waals surface area contributed by atoms with Crippen molar-refractivity contribution in [3.05, 3.63) is 0 Å². The Balaban J connectivity index is 1.67. The van der Waals surface area contributed by atoms with E-state index in [-0.39, 0.29) is 0 Å². The van der Waals surface area contributed by atoms with Crippen molar-refractivity contribution >= 4 is 11.8 Å². The van der Waals surface area contributed by atoms with Crippen molar-refractivity contribution in [2.75, 3.05) is 31.1 Å². The fraction of sp³-hybridized carbons (Fsp3) is 1.00. The molecule has 17 heavy (non-hydrogen) atoms. The molecule has 2 saturated carbocycles. The van der Waals surface area contributed by atoms with E-state index >= 15 is 0 Å². The smallest absolute Gasteiger partial charge is 0.0347 e. The summed E-state index contributed by atoms with van der Waals surface area (Å²) in [6.07, 6.45) is 8.53. The molecular weight excluding hydrogens is 228 g/mol. The van der Waals surface area contributed by atoms with Crippen LogP contribution in [-0.4, -0.2) is 41.6 Å². The lowest BCUT2D eigenvalue weighted by molar-refractivity contribution is 0.0740. The lowest BCUT2D eigenvalue weighted by Gasteiger charge is -2.46. The van der Waals surface area contributed by atoms with Crippen molar-refractivity contribution in [1.29, 1.82) is 0 Å². The van der Waals surface area contributed by atoms with Gasteiger partial charge in [-0.1, -0.05) is 0 Å². The van der Waals surface area contributed by atoms with Gasteiger partial charge >= 0.3 is 0 Å². The molecule has 3 fully saturated rings. The van der Waals surface area contributed by atoms with E-state index in [1.165, 1.54) is 63.1 Å². The number of nitrogens with two attached hydrogens (primary N) is 1. The van der Waals surface area contributed by atoms with Crippen LogP contribution in [0.2, 0.25) is 0 Å². The molecule has 0 unspecified atom stereocenters. The molecule has 0 bridgehead atoms. The quantitative estimate of drug-likeness (QED) is 0.789. The first-order valence-electron chi connectivity index (χ1n) is 7.35. The van der Waals surface area contributed by atoms with E-state index in [1.54, 1.807) is 0 Å². The van der Waals surface area contributed by atoms with Gasteiger partial charge in [-0.2, -0.15) is 11.8 Å². The molecule has 0 radical (unpaired) electrons. The predicted molar refractivity (Wildman–Crippen MR) is 75.4 cm³/mol. The van der Waals surface area contributed by atoms with Crippen molar-refractivity contribution in [3.8, 4) is 0 Å². The molecule has 0 amide bonds. The minimum Gasteiger partial charge on any atom is -0.329 e. The predicted octanol–water partition coefficient (Wildman–Crippen LogP) is 2.33. The maximum Gasteiger partial charge on any atom is 0.0347 e. The lowest BCUT2D eigenvalue weighted by Crippen LogP contribution is -2.57. The van der Waals surface area contributed by atoms with Gasteiger partial charge in [-0.25, -0.2) is 0 Å². The van der Waals surface area contributed by atoms with Crippen LogP contribution in [0.5, 0.6) is 0 Å². The van der Waals surface area contributed by atoms with Crippen LogP contribution in [-0.2, 0) is 0 Å². The summed E-state index contributed by atoms with van der Waals surface area (Å²) in [6, 6.07) is 0. The summed E-state index contributed by atoms with van der Waals surface area (Å²) < 4.78 is 0. The molecule has 2 aliphatic carbocycles. The molecule has 2 N–H and O–H groups in total. The molecule has 3 rings (SSSR count). The largest absolute Gasteiger partial charge is 0.329 e. The van der Waals surface area contributed by atoms with E-state index < -0.39 is 0 Å². The number of hydrogen-bond acceptors (Lipinski definition) is 3. The molecule has 3 heteroatoms. The van der Waals surface area contributed by atoms with Gasteiger partial charge in [0.25, 0.3) is 0 Å². The molecule has 0 aromatic heterocycles. The Morgan fingerprint density at radius 3 is 1.94 bits per heavy atom. The van der Waals surface area contributed by atoms with E-state index in [4.69, 9.17) is 5.73 Å². The summed E-state index contributed by atoms with van der Waals surface area (Å²) in [5.41, 5.74) is 6.55. The van der Waals surface area contributed by atoms with E-state index in [1.807, 2.05) is 0 Å². The molecule has 0 aromatic carbocycles. The molecule has 1 aliphatic heterocycles. The van der Waals surface area contributed by atoms with Gasteiger partial charge in [-0.15, -0.1) is 0 Å². The highest BCUT2D eigenvalue weighted by atomic mass is 32.2. The van der Waals surface area contributed by atoms with E-state index in [2.05, 4.69) is 16.7 Å². The first-order valence-corrected chi connectivity index (χ1v) is 8.51. The second-order valence-corrected chi connectivity index (χ2v) is 7.56. The molecule has 2 nitrogen and oxygen atoms in total. The van der Waals surface area contributed by atoms with Gasteiger partial charge in [0.2, 0.25) is 0 Å². The van der Waals surface area contributed by atoms with Gasteiger partial charge in [0.15, 0.2) is 0 Å². The van der Waals surface area contributed by atoms with Crippen molar-refractivity contribution in [3.63, 3.8) is 0 Å². The number of rotatable bonds is 6. The van der Waals surface area contributed by atoms with Crippen LogP contribution in [0.4, 0.5) is 0 Å². The minimum atomic E-state index is 0.371. The summed E-state index contributed by atoms with van der Waals surface area (Å²) >= 11 is 2.12. The average Bonchev–Trinajstić information content (AvgIpc) is 3.24. The Hall–Kier alpha value is 0.270. The zero-order valence-electron chi connectivity index (χ0n) is 10.9. The topological polar surface area (TPSA) is 29.3 Å². The maximum atomic E-state index is 6.18. The van der Waals surface area contributed by atoms with Gasteiger partial charge in [0, 0.05) is 25.2 Å². The van der Waals surface area contributed by atoms with Crippen molar-refractivity contribution in [2.45, 2.75) is 44.1 Å². The Labute approximate surface area is 110 Å². The SMILES string of the molecule is NCC1(N(CC2CC2)CC2CC2)CCSCC1. The van der Waals surface area contributed by atoms with Gasteiger partial charge in [-0.3, -0.25) is 4.90 Å². The molecule has 1 saturated heterocycles. The number of thioether (sulfide) groups is 1. The number of hydrogen-bond donors (Lipinski definition) is 1. The summed E-state index contributed by atoms with van der Waals surface area (Å²) in [5, 5.41) is 0. The van der Waals surface area contributed by atoms with Gasteiger partial charge in [-0.05, 0) is 61.9 Å². The highest BCUT2D eigenvalue weighted by Gasteiger charge is 2.41. The number of nitrogens with zero attached hydrogens (tertiary/aromatic N) is 1. The van der Waals surface area contributed by atoms with Crippen LogP contribution in [0.25, 0.3) is 0 Å². The molecule has 98 valence electrons. The van der Waals surface area contributed by atoms with Crippen molar-refractivity contribution in [1.82, 2.24) is 4.90 Å². The second-order valence-electron chi connectivity index (χ2n) is 6.33. The molecule has 0 aromatic rings. The molecule has 1 heterocycles. The van der Waals surface area contributed by atoms with Crippen molar-refractivity contribution < 1.29 is 0 Å². The monoisotopic (exact) mass is 254 g/mol. The third-order valence-electron chi connectivity index (χ3n) is 4.83. The van der Waals surface area contributed by atoms with Crippen LogP contribution in [0.1, 0.15) is 38.5 Å². The summed E-state index contributed by atoms with van der Waals surface area (Å²) in [4.78, 5) is 2.82. The van der Waals surface area contributed by atoms with Crippen molar-refractivity contribution in [2.24, 2.45) is 17.6 Å². The normalized spacial score (nSPS) is 28.6. The highest BCUT2D eigenvalue weighted by molar-refractivity contribution is 7.99. The Morgan fingerprint density at radius 2 is 1.53 bits per heavy atom. The third kappa shape index (κ3) is 2.99. The van der Waals surface area contributed by atoms with Crippen LogP contribution in [0.3, 0.4) is 0 Å². The van der Waals surface area contributed by atoms with Gasteiger partial charge < -0.3 is 5.73 Å². The van der Waals surface area contributed by atoms with E-state index in [9.17, 15) is 0 Å². The van der Waals surface area contributed by atoms with Gasteiger partial charge in [0.1, 0.15) is 0 Å². The van der Waals surface area contributed by atoms with Gasteiger partial charge in [0.05, 0.1) is 0 Å². The zero-order chi connectivity index (χ0) is 11.7. The summed E-state index contributed by atoms with van der Waals surface area (Å²) in [6.45, 7) is 3.57. The Kier molecular flexibility index (Phi) is 3.69.